The zero-order chi connectivity index (χ0) is 14.0. The van der Waals surface area contributed by atoms with Crippen LogP contribution in [-0.2, 0) is 19.6 Å². The second-order valence-electron chi connectivity index (χ2n) is 4.57. The summed E-state index contributed by atoms with van der Waals surface area (Å²) in [6, 6.07) is 2.18. The van der Waals surface area contributed by atoms with Gasteiger partial charge >= 0.3 is 0 Å². The van der Waals surface area contributed by atoms with E-state index in [4.69, 9.17) is 0 Å². The van der Waals surface area contributed by atoms with E-state index in [1.54, 1.807) is 11.3 Å². The van der Waals surface area contributed by atoms with E-state index in [9.17, 15) is 0 Å². The first-order valence-electron chi connectivity index (χ1n) is 6.14. The van der Waals surface area contributed by atoms with Crippen LogP contribution in [-0.4, -0.2) is 21.7 Å². The van der Waals surface area contributed by atoms with Crippen LogP contribution in [0.15, 0.2) is 20.4 Å². The Hall–Kier alpha value is -0.170. The lowest BCUT2D eigenvalue weighted by atomic mass is 10.3. The van der Waals surface area contributed by atoms with Crippen molar-refractivity contribution in [3.8, 4) is 0 Å². The summed E-state index contributed by atoms with van der Waals surface area (Å²) in [7, 11) is 2.14. The van der Waals surface area contributed by atoms with Crippen molar-refractivity contribution in [2.45, 2.75) is 33.5 Å². The highest BCUT2D eigenvalue weighted by Gasteiger charge is 2.14. The van der Waals surface area contributed by atoms with Gasteiger partial charge in [-0.05, 0) is 58.8 Å². The van der Waals surface area contributed by atoms with E-state index in [0.29, 0.717) is 0 Å². The lowest BCUT2D eigenvalue weighted by molar-refractivity contribution is 0.309. The summed E-state index contributed by atoms with van der Waals surface area (Å²) < 4.78 is 4.37. The van der Waals surface area contributed by atoms with Crippen LogP contribution in [0.5, 0.6) is 0 Å². The van der Waals surface area contributed by atoms with Crippen molar-refractivity contribution in [1.82, 2.24) is 14.7 Å². The average molecular weight is 407 g/mol. The Labute approximate surface area is 134 Å². The summed E-state index contributed by atoms with van der Waals surface area (Å²) in [5.74, 6) is 0. The van der Waals surface area contributed by atoms with Crippen molar-refractivity contribution in [3.63, 3.8) is 0 Å². The van der Waals surface area contributed by atoms with Crippen LogP contribution in [0, 0.1) is 6.92 Å². The molecule has 0 saturated carbocycles. The van der Waals surface area contributed by atoms with Gasteiger partial charge in [0.05, 0.1) is 15.9 Å². The molecule has 2 heterocycles. The Bertz CT molecular complexity index is 562. The summed E-state index contributed by atoms with van der Waals surface area (Å²) in [6.45, 7) is 6.91. The summed E-state index contributed by atoms with van der Waals surface area (Å²) in [4.78, 5) is 3.68. The second-order valence-corrected chi connectivity index (χ2v) is 7.27. The molecule has 0 aliphatic carbocycles. The van der Waals surface area contributed by atoms with Crippen molar-refractivity contribution in [1.29, 1.82) is 0 Å². The fraction of sp³-hybridized carbons (Fsp3) is 0.462. The van der Waals surface area contributed by atoms with E-state index in [0.717, 1.165) is 34.3 Å². The van der Waals surface area contributed by atoms with Gasteiger partial charge in [0.1, 0.15) is 0 Å². The fourth-order valence-corrected chi connectivity index (χ4v) is 3.97. The Morgan fingerprint density at radius 1 is 1.37 bits per heavy atom. The number of nitrogens with zero attached hydrogens (tertiary/aromatic N) is 3. The topological polar surface area (TPSA) is 21.1 Å². The number of aromatic nitrogens is 2. The smallest absolute Gasteiger partial charge is 0.0739 e. The molecule has 0 saturated heterocycles. The van der Waals surface area contributed by atoms with E-state index in [2.05, 4.69) is 72.0 Å². The summed E-state index contributed by atoms with van der Waals surface area (Å²) >= 11 is 8.93. The van der Waals surface area contributed by atoms with Crippen molar-refractivity contribution < 1.29 is 0 Å². The molecule has 0 N–H and O–H groups in total. The van der Waals surface area contributed by atoms with Crippen LogP contribution in [0.1, 0.15) is 23.2 Å². The van der Waals surface area contributed by atoms with Crippen molar-refractivity contribution in [3.05, 3.63) is 36.7 Å². The number of hydrogen-bond acceptors (Lipinski definition) is 3. The quantitative estimate of drug-likeness (QED) is 0.732. The molecule has 0 amide bonds. The fourth-order valence-electron chi connectivity index (χ4n) is 2.03. The number of thiophene rings is 1. The van der Waals surface area contributed by atoms with Gasteiger partial charge in [0.2, 0.25) is 0 Å². The van der Waals surface area contributed by atoms with Crippen LogP contribution in [0.4, 0.5) is 0 Å². The van der Waals surface area contributed by atoms with Crippen LogP contribution >= 0.6 is 43.2 Å². The molecule has 0 fully saturated rings. The van der Waals surface area contributed by atoms with Crippen LogP contribution in [0.25, 0.3) is 0 Å². The van der Waals surface area contributed by atoms with Gasteiger partial charge in [-0.15, -0.1) is 11.3 Å². The largest absolute Gasteiger partial charge is 0.295 e. The lowest BCUT2D eigenvalue weighted by Gasteiger charge is -2.16. The molecule has 0 atom stereocenters. The van der Waals surface area contributed by atoms with Crippen LogP contribution in [0.2, 0.25) is 0 Å². The molecule has 6 heteroatoms. The summed E-state index contributed by atoms with van der Waals surface area (Å²) in [5, 5.41) is 6.66. The molecule has 0 aliphatic heterocycles. The van der Waals surface area contributed by atoms with Crippen molar-refractivity contribution in [2.75, 3.05) is 7.05 Å². The molecule has 2 rings (SSSR count). The molecule has 104 valence electrons. The molecule has 3 nitrogen and oxygen atoms in total. The minimum Gasteiger partial charge on any atom is -0.295 e. The third kappa shape index (κ3) is 3.68. The van der Waals surface area contributed by atoms with Gasteiger partial charge in [-0.25, -0.2) is 0 Å². The van der Waals surface area contributed by atoms with Gasteiger partial charge in [-0.3, -0.25) is 9.58 Å². The zero-order valence-electron chi connectivity index (χ0n) is 11.3. The zero-order valence-corrected chi connectivity index (χ0v) is 15.3. The molecule has 0 spiro atoms. The van der Waals surface area contributed by atoms with Gasteiger partial charge in [-0.1, -0.05) is 0 Å². The monoisotopic (exact) mass is 405 g/mol. The standard InChI is InChI=1S/C13H17Br2N3S/c1-4-18-12(13(15)9(2)16-18)7-17(3)6-11-5-10(14)8-19-11/h5,8H,4,6-7H2,1-3H3. The maximum Gasteiger partial charge on any atom is 0.0739 e. The van der Waals surface area contributed by atoms with Crippen LogP contribution in [0.3, 0.4) is 0 Å². The van der Waals surface area contributed by atoms with Gasteiger partial charge in [-0.2, -0.15) is 5.10 Å². The molecule has 0 radical (unpaired) electrons. The van der Waals surface area contributed by atoms with Crippen molar-refractivity contribution in [2.24, 2.45) is 0 Å². The predicted octanol–water partition coefficient (Wildman–Crippen LogP) is 4.43. The minimum absolute atomic E-state index is 0.894. The van der Waals surface area contributed by atoms with E-state index < -0.39 is 0 Å². The Morgan fingerprint density at radius 2 is 2.11 bits per heavy atom. The molecule has 0 bridgehead atoms. The van der Waals surface area contributed by atoms with E-state index >= 15 is 0 Å². The highest BCUT2D eigenvalue weighted by Crippen LogP contribution is 2.24. The Morgan fingerprint density at radius 3 is 2.68 bits per heavy atom. The highest BCUT2D eigenvalue weighted by atomic mass is 79.9. The summed E-state index contributed by atoms with van der Waals surface area (Å²) in [5.41, 5.74) is 2.31. The van der Waals surface area contributed by atoms with Crippen molar-refractivity contribution >= 4 is 43.2 Å². The molecule has 2 aromatic heterocycles. The molecule has 2 aromatic rings. The Balaban J connectivity index is 2.08. The third-order valence-electron chi connectivity index (χ3n) is 2.92. The van der Waals surface area contributed by atoms with Gasteiger partial charge in [0, 0.05) is 34.4 Å². The molecular formula is C13H17Br2N3S. The average Bonchev–Trinajstić information content (AvgIpc) is 2.87. The number of aryl methyl sites for hydroxylation is 2. The summed E-state index contributed by atoms with van der Waals surface area (Å²) in [6.07, 6.45) is 0. The third-order valence-corrected chi connectivity index (χ3v) is 5.63. The van der Waals surface area contributed by atoms with E-state index in [1.165, 1.54) is 10.6 Å². The lowest BCUT2D eigenvalue weighted by Crippen LogP contribution is -2.19. The minimum atomic E-state index is 0.894. The molecule has 19 heavy (non-hydrogen) atoms. The second kappa shape index (κ2) is 6.52. The maximum absolute atomic E-state index is 4.53. The number of rotatable bonds is 5. The first kappa shape index (κ1) is 15.2. The van der Waals surface area contributed by atoms with E-state index in [-0.39, 0.29) is 0 Å². The highest BCUT2D eigenvalue weighted by molar-refractivity contribution is 9.10. The predicted molar refractivity (Wildman–Crippen MR) is 87.5 cm³/mol. The SMILES string of the molecule is CCn1nc(C)c(Br)c1CN(C)Cc1cc(Br)cs1. The first-order chi connectivity index (χ1) is 9.01. The molecule has 0 aromatic carbocycles. The van der Waals surface area contributed by atoms with Gasteiger partial charge < -0.3 is 0 Å². The molecule has 0 aliphatic rings. The normalized spacial score (nSPS) is 11.5. The first-order valence-corrected chi connectivity index (χ1v) is 8.61. The van der Waals surface area contributed by atoms with Gasteiger partial charge in [0.25, 0.3) is 0 Å². The van der Waals surface area contributed by atoms with Crippen LogP contribution < -0.4 is 0 Å². The number of halogens is 2. The number of hydrogen-bond donors (Lipinski definition) is 0. The van der Waals surface area contributed by atoms with E-state index in [1.807, 2.05) is 6.92 Å². The Kier molecular flexibility index (Phi) is 5.22. The van der Waals surface area contributed by atoms with Gasteiger partial charge in [0.15, 0.2) is 0 Å². The molecular weight excluding hydrogens is 390 g/mol. The maximum atomic E-state index is 4.53. The molecule has 0 unspecified atom stereocenters.